The maximum absolute atomic E-state index is 12.6. The van der Waals surface area contributed by atoms with Crippen LogP contribution in [-0.2, 0) is 0 Å². The van der Waals surface area contributed by atoms with Gasteiger partial charge in [-0.05, 0) is 11.6 Å². The minimum absolute atomic E-state index is 0.0817. The predicted molar refractivity (Wildman–Crippen MR) is 43.1 cm³/mol. The van der Waals surface area contributed by atoms with E-state index in [0.29, 0.717) is 12.1 Å². The van der Waals surface area contributed by atoms with Gasteiger partial charge in [0.05, 0.1) is 12.8 Å². The summed E-state index contributed by atoms with van der Waals surface area (Å²) in [6.45, 7) is 0.212. The highest BCUT2D eigenvalue weighted by atomic mass is 19.1. The minimum Gasteiger partial charge on any atom is -0.396 e. The Kier molecular flexibility index (Phi) is 3.13. The zero-order valence-corrected chi connectivity index (χ0v) is 6.57. The molecule has 12 heavy (non-hydrogen) atoms. The number of aliphatic hydroxyl groups excluding tert-OH is 1. The number of hydrogen-bond donors (Lipinski definition) is 2. The summed E-state index contributed by atoms with van der Waals surface area (Å²) in [4.78, 5) is 3.66. The van der Waals surface area contributed by atoms with E-state index >= 15 is 0 Å². The van der Waals surface area contributed by atoms with Crippen molar-refractivity contribution in [2.45, 2.75) is 5.92 Å². The lowest BCUT2D eigenvalue weighted by atomic mass is 10.0. The Morgan fingerprint density at radius 2 is 2.33 bits per heavy atom. The maximum atomic E-state index is 12.6. The van der Waals surface area contributed by atoms with E-state index in [2.05, 4.69) is 4.98 Å². The summed E-state index contributed by atoms with van der Waals surface area (Å²) in [5, 5.41) is 8.84. The molecule has 1 heterocycles. The van der Waals surface area contributed by atoms with Crippen molar-refractivity contribution in [3.63, 3.8) is 0 Å². The molecule has 66 valence electrons. The number of pyridine rings is 1. The van der Waals surface area contributed by atoms with Gasteiger partial charge < -0.3 is 10.8 Å². The van der Waals surface area contributed by atoms with E-state index < -0.39 is 5.82 Å². The van der Waals surface area contributed by atoms with Crippen molar-refractivity contribution in [3.8, 4) is 0 Å². The molecule has 1 atom stereocenters. The molecule has 0 amide bonds. The smallest absolute Gasteiger partial charge is 0.141 e. The Labute approximate surface area is 70.0 Å². The highest BCUT2D eigenvalue weighted by molar-refractivity contribution is 5.16. The molecule has 0 saturated carbocycles. The average molecular weight is 170 g/mol. The van der Waals surface area contributed by atoms with Gasteiger partial charge in [-0.15, -0.1) is 0 Å². The van der Waals surface area contributed by atoms with E-state index in [0.717, 1.165) is 6.20 Å². The fraction of sp³-hybridized carbons (Fsp3) is 0.375. The van der Waals surface area contributed by atoms with Gasteiger partial charge in [0.15, 0.2) is 0 Å². The number of nitrogens with zero attached hydrogens (tertiary/aromatic N) is 1. The Bertz CT molecular complexity index is 251. The number of halogens is 1. The molecule has 0 spiro atoms. The monoisotopic (exact) mass is 170 g/mol. The molecule has 0 aromatic carbocycles. The molecule has 4 heteroatoms. The Morgan fingerprint density at radius 1 is 1.58 bits per heavy atom. The van der Waals surface area contributed by atoms with E-state index in [-0.39, 0.29) is 12.5 Å². The highest BCUT2D eigenvalue weighted by Crippen LogP contribution is 2.12. The first kappa shape index (κ1) is 9.09. The van der Waals surface area contributed by atoms with Crippen molar-refractivity contribution in [2.24, 2.45) is 5.73 Å². The van der Waals surface area contributed by atoms with Crippen LogP contribution in [-0.4, -0.2) is 23.2 Å². The summed E-state index contributed by atoms with van der Waals surface area (Å²) in [7, 11) is 0. The standard InChI is InChI=1S/C8H11FN2O/c9-8-1-6(3-11-4-8)7(2-10)5-12/h1,3-4,7,12H,2,5,10H2. The molecule has 1 unspecified atom stereocenters. The van der Waals surface area contributed by atoms with Crippen molar-refractivity contribution >= 4 is 0 Å². The third kappa shape index (κ3) is 1.99. The molecular formula is C8H11FN2O. The highest BCUT2D eigenvalue weighted by Gasteiger charge is 2.08. The van der Waals surface area contributed by atoms with Crippen LogP contribution < -0.4 is 5.73 Å². The normalized spacial score (nSPS) is 12.9. The molecule has 0 aliphatic carbocycles. The van der Waals surface area contributed by atoms with Gasteiger partial charge in [0.1, 0.15) is 5.82 Å². The number of rotatable bonds is 3. The van der Waals surface area contributed by atoms with Crippen molar-refractivity contribution < 1.29 is 9.50 Å². The van der Waals surface area contributed by atoms with Gasteiger partial charge in [0, 0.05) is 18.7 Å². The summed E-state index contributed by atoms with van der Waals surface area (Å²) in [5.74, 6) is -0.618. The SMILES string of the molecule is NCC(CO)c1cncc(F)c1. The summed E-state index contributed by atoms with van der Waals surface area (Å²) in [6, 6.07) is 1.33. The minimum atomic E-state index is -0.403. The van der Waals surface area contributed by atoms with E-state index in [1.807, 2.05) is 0 Å². The Hall–Kier alpha value is -1.00. The lowest BCUT2D eigenvalue weighted by molar-refractivity contribution is 0.267. The average Bonchev–Trinajstić information content (AvgIpc) is 2.07. The van der Waals surface area contributed by atoms with Crippen molar-refractivity contribution in [2.75, 3.05) is 13.2 Å². The summed E-state index contributed by atoms with van der Waals surface area (Å²) in [5.41, 5.74) is 5.99. The van der Waals surface area contributed by atoms with Crippen LogP contribution >= 0.6 is 0 Å². The number of aliphatic hydroxyl groups is 1. The predicted octanol–water partition coefficient (Wildman–Crippen LogP) is 0.255. The van der Waals surface area contributed by atoms with Crippen LogP contribution in [0.15, 0.2) is 18.5 Å². The van der Waals surface area contributed by atoms with Crippen LogP contribution in [0.5, 0.6) is 0 Å². The van der Waals surface area contributed by atoms with Crippen LogP contribution in [0.25, 0.3) is 0 Å². The van der Waals surface area contributed by atoms with E-state index in [1.165, 1.54) is 12.3 Å². The Balaban J connectivity index is 2.85. The first-order valence-electron chi connectivity index (χ1n) is 3.69. The molecule has 0 fully saturated rings. The fourth-order valence-corrected chi connectivity index (χ4v) is 0.968. The van der Waals surface area contributed by atoms with Gasteiger partial charge >= 0.3 is 0 Å². The first-order valence-corrected chi connectivity index (χ1v) is 3.69. The fourth-order valence-electron chi connectivity index (χ4n) is 0.968. The van der Waals surface area contributed by atoms with Gasteiger partial charge in [0.2, 0.25) is 0 Å². The largest absolute Gasteiger partial charge is 0.396 e. The second kappa shape index (κ2) is 4.13. The van der Waals surface area contributed by atoms with Crippen LogP contribution in [0.3, 0.4) is 0 Å². The first-order chi connectivity index (χ1) is 5.77. The molecule has 0 radical (unpaired) electrons. The van der Waals surface area contributed by atoms with Crippen LogP contribution in [0.4, 0.5) is 4.39 Å². The third-order valence-electron chi connectivity index (χ3n) is 1.70. The molecule has 0 saturated heterocycles. The second-order valence-electron chi connectivity index (χ2n) is 2.55. The summed E-state index contributed by atoms with van der Waals surface area (Å²) < 4.78 is 12.6. The van der Waals surface area contributed by atoms with Gasteiger partial charge in [0.25, 0.3) is 0 Å². The quantitative estimate of drug-likeness (QED) is 0.683. The molecule has 1 rings (SSSR count). The molecule has 1 aromatic heterocycles. The van der Waals surface area contributed by atoms with E-state index in [4.69, 9.17) is 10.8 Å². The molecule has 3 N–H and O–H groups in total. The van der Waals surface area contributed by atoms with Crippen LogP contribution in [0.2, 0.25) is 0 Å². The van der Waals surface area contributed by atoms with Crippen molar-refractivity contribution in [3.05, 3.63) is 29.8 Å². The van der Waals surface area contributed by atoms with Gasteiger partial charge in [-0.2, -0.15) is 0 Å². The zero-order valence-electron chi connectivity index (χ0n) is 6.57. The van der Waals surface area contributed by atoms with Crippen LogP contribution in [0.1, 0.15) is 11.5 Å². The van der Waals surface area contributed by atoms with E-state index in [9.17, 15) is 4.39 Å². The number of aromatic nitrogens is 1. The Morgan fingerprint density at radius 3 is 2.83 bits per heavy atom. The summed E-state index contributed by atoms with van der Waals surface area (Å²) >= 11 is 0. The van der Waals surface area contributed by atoms with Crippen LogP contribution in [0, 0.1) is 5.82 Å². The van der Waals surface area contributed by atoms with Gasteiger partial charge in [-0.1, -0.05) is 0 Å². The molecular weight excluding hydrogens is 159 g/mol. The number of hydrogen-bond acceptors (Lipinski definition) is 3. The second-order valence-corrected chi connectivity index (χ2v) is 2.55. The third-order valence-corrected chi connectivity index (χ3v) is 1.70. The molecule has 1 aromatic rings. The van der Waals surface area contributed by atoms with Gasteiger partial charge in [-0.25, -0.2) is 4.39 Å². The van der Waals surface area contributed by atoms with Gasteiger partial charge in [-0.3, -0.25) is 4.98 Å². The molecule has 0 aliphatic rings. The number of nitrogens with two attached hydrogens (primary N) is 1. The lowest BCUT2D eigenvalue weighted by Crippen LogP contribution is -2.16. The van der Waals surface area contributed by atoms with Crippen molar-refractivity contribution in [1.82, 2.24) is 4.98 Å². The van der Waals surface area contributed by atoms with E-state index in [1.54, 1.807) is 0 Å². The lowest BCUT2D eigenvalue weighted by Gasteiger charge is -2.10. The zero-order chi connectivity index (χ0) is 8.97. The maximum Gasteiger partial charge on any atom is 0.141 e. The topological polar surface area (TPSA) is 59.1 Å². The summed E-state index contributed by atoms with van der Waals surface area (Å²) in [6.07, 6.45) is 2.63. The molecule has 3 nitrogen and oxygen atoms in total. The van der Waals surface area contributed by atoms with Crippen molar-refractivity contribution in [1.29, 1.82) is 0 Å². The molecule has 0 aliphatic heterocycles. The molecule has 0 bridgehead atoms.